The molecule has 2 aromatic heterocycles. The average Bonchev–Trinajstić information content (AvgIpc) is 3.62. The summed E-state index contributed by atoms with van der Waals surface area (Å²) < 4.78 is 46.4. The first-order valence-corrected chi connectivity index (χ1v) is 11.6. The minimum Gasteiger partial charge on any atom is -0.415 e. The molecule has 1 fully saturated rings. The molecule has 3 heterocycles. The zero-order chi connectivity index (χ0) is 25.2. The van der Waals surface area contributed by atoms with Crippen molar-refractivity contribution in [3.05, 3.63) is 71.5 Å². The maximum Gasteiger partial charge on any atom is 0.314 e. The Bertz CT molecular complexity index is 1320. The third kappa shape index (κ3) is 5.31. The van der Waals surface area contributed by atoms with Crippen LogP contribution in [0.2, 0.25) is 0 Å². The molecule has 0 aliphatic carbocycles. The van der Waals surface area contributed by atoms with Crippen molar-refractivity contribution in [1.29, 1.82) is 0 Å². The van der Waals surface area contributed by atoms with Crippen LogP contribution >= 0.6 is 0 Å². The van der Waals surface area contributed by atoms with Crippen LogP contribution in [0.25, 0.3) is 22.7 Å². The van der Waals surface area contributed by atoms with Crippen LogP contribution in [-0.4, -0.2) is 68.2 Å². The molecule has 1 aliphatic rings. The summed E-state index contributed by atoms with van der Waals surface area (Å²) in [6.45, 7) is 3.25. The fraction of sp³-hybridized carbons (Fsp3) is 0.360. The molecule has 0 spiro atoms. The first-order valence-electron chi connectivity index (χ1n) is 11.6. The van der Waals surface area contributed by atoms with Crippen LogP contribution in [0.1, 0.15) is 29.9 Å². The third-order valence-corrected chi connectivity index (χ3v) is 6.43. The van der Waals surface area contributed by atoms with E-state index in [1.54, 1.807) is 16.9 Å². The van der Waals surface area contributed by atoms with Gasteiger partial charge >= 0.3 is 6.43 Å². The van der Waals surface area contributed by atoms with Gasteiger partial charge in [-0.05, 0) is 38.2 Å². The third-order valence-electron chi connectivity index (χ3n) is 6.43. The summed E-state index contributed by atoms with van der Waals surface area (Å²) in [4.78, 5) is 4.75. The number of benzene rings is 2. The van der Waals surface area contributed by atoms with Crippen LogP contribution in [0, 0.1) is 5.82 Å². The summed E-state index contributed by atoms with van der Waals surface area (Å²) in [6.07, 6.45) is 0.0694. The van der Waals surface area contributed by atoms with Crippen molar-refractivity contribution in [3.63, 3.8) is 0 Å². The number of likely N-dealkylation sites (tertiary alicyclic amines) is 1. The predicted octanol–water partition coefficient (Wildman–Crippen LogP) is 4.26. The van der Waals surface area contributed by atoms with Gasteiger partial charge in [0.15, 0.2) is 0 Å². The number of hydrogen-bond acceptors (Lipinski definition) is 7. The standard InChI is InChI=1S/C25H26F3N7O/c1-33(2)20-9-10-34(14-20)12-16-3-5-17(6-4-16)22-15-35(32-29-22)13-19-8-7-18(11-21(19)26)24-30-31-25(36-24)23(27)28/h3-8,11,15,20,23H,9-10,12-14H2,1-2H3/t20-/m1/s1. The van der Waals surface area contributed by atoms with E-state index in [4.69, 9.17) is 4.42 Å². The Morgan fingerprint density at radius 2 is 1.81 bits per heavy atom. The maximum atomic E-state index is 14.7. The molecular formula is C25H26F3N7O. The van der Waals surface area contributed by atoms with E-state index in [1.165, 1.54) is 24.1 Å². The fourth-order valence-electron chi connectivity index (χ4n) is 4.35. The summed E-state index contributed by atoms with van der Waals surface area (Å²) in [5, 5.41) is 15.2. The van der Waals surface area contributed by atoms with Crippen LogP contribution in [-0.2, 0) is 13.1 Å². The van der Waals surface area contributed by atoms with Gasteiger partial charge in [-0.2, -0.15) is 8.78 Å². The van der Waals surface area contributed by atoms with Crippen LogP contribution in [0.5, 0.6) is 0 Å². The van der Waals surface area contributed by atoms with Crippen LogP contribution in [0.3, 0.4) is 0 Å². The zero-order valence-electron chi connectivity index (χ0n) is 20.0. The topological polar surface area (TPSA) is 76.1 Å². The lowest BCUT2D eigenvalue weighted by Gasteiger charge is -2.20. The minimum atomic E-state index is -2.88. The van der Waals surface area contributed by atoms with Crippen molar-refractivity contribution in [3.8, 4) is 22.7 Å². The largest absolute Gasteiger partial charge is 0.415 e. The molecule has 0 radical (unpaired) electrons. The monoisotopic (exact) mass is 497 g/mol. The van der Waals surface area contributed by atoms with Crippen molar-refractivity contribution in [2.24, 2.45) is 0 Å². The highest BCUT2D eigenvalue weighted by Crippen LogP contribution is 2.25. The van der Waals surface area contributed by atoms with Crippen molar-refractivity contribution in [2.45, 2.75) is 32.0 Å². The van der Waals surface area contributed by atoms with Gasteiger partial charge in [-0.25, -0.2) is 9.07 Å². The van der Waals surface area contributed by atoms with Gasteiger partial charge in [0.1, 0.15) is 11.5 Å². The summed E-state index contributed by atoms with van der Waals surface area (Å²) in [6, 6.07) is 13.1. The second-order valence-electron chi connectivity index (χ2n) is 9.19. The Hall–Kier alpha value is -3.57. The smallest absolute Gasteiger partial charge is 0.314 e. The molecule has 0 saturated carbocycles. The predicted molar refractivity (Wildman–Crippen MR) is 127 cm³/mol. The molecule has 1 atom stereocenters. The van der Waals surface area contributed by atoms with E-state index in [-0.39, 0.29) is 18.0 Å². The lowest BCUT2D eigenvalue weighted by atomic mass is 10.1. The molecule has 0 bridgehead atoms. The van der Waals surface area contributed by atoms with Crippen LogP contribution in [0.4, 0.5) is 13.2 Å². The number of halogens is 3. The summed E-state index contributed by atoms with van der Waals surface area (Å²) in [5.74, 6) is -1.50. The van der Waals surface area contributed by atoms with E-state index in [1.807, 2.05) is 12.1 Å². The quantitative estimate of drug-likeness (QED) is 0.360. The summed E-state index contributed by atoms with van der Waals surface area (Å²) >= 11 is 0. The lowest BCUT2D eigenvalue weighted by Crippen LogP contribution is -2.31. The van der Waals surface area contributed by atoms with E-state index in [2.05, 4.69) is 56.5 Å². The average molecular weight is 498 g/mol. The minimum absolute atomic E-state index is 0.158. The molecule has 0 N–H and O–H groups in total. The highest BCUT2D eigenvalue weighted by Gasteiger charge is 2.23. The maximum absolute atomic E-state index is 14.7. The SMILES string of the molecule is CN(C)[C@@H]1CCN(Cc2ccc(-c3cn(Cc4ccc(-c5nnc(C(F)F)o5)cc4F)nn3)cc2)C1. The van der Waals surface area contributed by atoms with Gasteiger partial charge in [0.2, 0.25) is 5.89 Å². The molecule has 5 rings (SSSR count). The Morgan fingerprint density at radius 3 is 2.47 bits per heavy atom. The molecular weight excluding hydrogens is 471 g/mol. The molecule has 36 heavy (non-hydrogen) atoms. The Labute approximate surface area is 206 Å². The highest BCUT2D eigenvalue weighted by molar-refractivity contribution is 5.58. The highest BCUT2D eigenvalue weighted by atomic mass is 19.3. The first kappa shape index (κ1) is 24.1. The second-order valence-corrected chi connectivity index (χ2v) is 9.19. The molecule has 0 unspecified atom stereocenters. The van der Waals surface area contributed by atoms with Gasteiger partial charge in [-0.1, -0.05) is 35.5 Å². The van der Waals surface area contributed by atoms with Crippen LogP contribution < -0.4 is 0 Å². The molecule has 0 amide bonds. The number of likely N-dealkylation sites (N-methyl/N-ethyl adjacent to an activating group) is 1. The molecule has 11 heteroatoms. The van der Waals surface area contributed by atoms with Gasteiger partial charge in [-0.15, -0.1) is 15.3 Å². The molecule has 1 aliphatic heterocycles. The summed E-state index contributed by atoms with van der Waals surface area (Å²) in [7, 11) is 4.26. The second kappa shape index (κ2) is 10.2. The van der Waals surface area contributed by atoms with Crippen molar-refractivity contribution < 1.29 is 17.6 Å². The van der Waals surface area contributed by atoms with Gasteiger partial charge in [0, 0.05) is 42.4 Å². The fourth-order valence-corrected chi connectivity index (χ4v) is 4.35. The molecule has 188 valence electrons. The number of aromatic nitrogens is 5. The van der Waals surface area contributed by atoms with E-state index >= 15 is 0 Å². The molecule has 1 saturated heterocycles. The first-order chi connectivity index (χ1) is 17.4. The normalized spacial score (nSPS) is 16.5. The zero-order valence-corrected chi connectivity index (χ0v) is 20.0. The van der Waals surface area contributed by atoms with Gasteiger partial charge < -0.3 is 9.32 Å². The van der Waals surface area contributed by atoms with Crippen molar-refractivity contribution in [2.75, 3.05) is 27.2 Å². The van der Waals surface area contributed by atoms with E-state index in [9.17, 15) is 13.2 Å². The van der Waals surface area contributed by atoms with Crippen molar-refractivity contribution in [1.82, 2.24) is 35.0 Å². The molecule has 8 nitrogen and oxygen atoms in total. The number of rotatable bonds is 8. The Kier molecular flexibility index (Phi) is 6.84. The van der Waals surface area contributed by atoms with Gasteiger partial charge in [0.05, 0.1) is 12.7 Å². The van der Waals surface area contributed by atoms with E-state index in [0.29, 0.717) is 17.3 Å². The van der Waals surface area contributed by atoms with Gasteiger partial charge in [0.25, 0.3) is 5.89 Å². The molecule has 4 aromatic rings. The lowest BCUT2D eigenvalue weighted by molar-refractivity contribution is 0.116. The van der Waals surface area contributed by atoms with Crippen molar-refractivity contribution >= 4 is 0 Å². The number of hydrogen-bond donors (Lipinski definition) is 0. The van der Waals surface area contributed by atoms with E-state index in [0.717, 1.165) is 25.2 Å². The number of nitrogens with zero attached hydrogens (tertiary/aromatic N) is 7. The molecule has 2 aromatic carbocycles. The van der Waals surface area contributed by atoms with Crippen LogP contribution in [0.15, 0.2) is 53.1 Å². The number of alkyl halides is 2. The van der Waals surface area contributed by atoms with Gasteiger partial charge in [-0.3, -0.25) is 4.90 Å². The summed E-state index contributed by atoms with van der Waals surface area (Å²) in [5.41, 5.74) is 3.45. The van der Waals surface area contributed by atoms with E-state index < -0.39 is 18.1 Å². The Morgan fingerprint density at radius 1 is 1.03 bits per heavy atom. The Balaban J connectivity index is 1.22.